The van der Waals surface area contributed by atoms with Crippen LogP contribution in [0.2, 0.25) is 0 Å². The molecule has 1 aromatic rings. The third-order valence-corrected chi connectivity index (χ3v) is 6.25. The van der Waals surface area contributed by atoms with Crippen LogP contribution in [0.4, 0.5) is 0 Å². The molecule has 0 N–H and O–H groups in total. The van der Waals surface area contributed by atoms with Crippen molar-refractivity contribution in [2.45, 2.75) is 52.4 Å². The summed E-state index contributed by atoms with van der Waals surface area (Å²) in [5.74, 6) is 2.73. The van der Waals surface area contributed by atoms with Gasteiger partial charge < -0.3 is 18.9 Å². The van der Waals surface area contributed by atoms with Crippen LogP contribution in [0.1, 0.15) is 67.4 Å². The van der Waals surface area contributed by atoms with E-state index in [-0.39, 0.29) is 24.5 Å². The zero-order valence-electron chi connectivity index (χ0n) is 19.9. The van der Waals surface area contributed by atoms with Crippen molar-refractivity contribution in [1.82, 2.24) is 0 Å². The monoisotopic (exact) mass is 441 g/mol. The molecule has 0 spiro atoms. The molecule has 0 radical (unpaired) electrons. The number of terminal acetylenes is 1. The van der Waals surface area contributed by atoms with Crippen LogP contribution < -0.4 is 14.2 Å². The van der Waals surface area contributed by atoms with Crippen LogP contribution in [0.25, 0.3) is 0 Å². The Hall–Kier alpha value is -3.19. The molecular weight excluding hydrogens is 410 g/mol. The number of hydrogen-bond acceptors (Lipinski definition) is 7. The zero-order chi connectivity index (χ0) is 24.3. The van der Waals surface area contributed by atoms with Gasteiger partial charge in [-0.05, 0) is 32.1 Å². The maximum Gasteiger partial charge on any atom is 0.320 e. The Balaban J connectivity index is 2.68. The largest absolute Gasteiger partial charge is 0.496 e. The third kappa shape index (κ3) is 3.88. The van der Waals surface area contributed by atoms with Gasteiger partial charge in [-0.2, -0.15) is 5.26 Å². The molecule has 0 saturated heterocycles. The van der Waals surface area contributed by atoms with E-state index in [4.69, 9.17) is 25.4 Å². The number of rotatable bonds is 9. The Morgan fingerprint density at radius 1 is 1.16 bits per heavy atom. The lowest BCUT2D eigenvalue weighted by atomic mass is 9.76. The molecule has 0 heterocycles. The number of nitrogens with zero attached hydrogens (tertiary/aromatic N) is 1. The van der Waals surface area contributed by atoms with Crippen LogP contribution in [-0.4, -0.2) is 40.2 Å². The molecule has 172 valence electrons. The highest BCUT2D eigenvalue weighted by Crippen LogP contribution is 2.55. The van der Waals surface area contributed by atoms with Crippen molar-refractivity contribution in [1.29, 1.82) is 5.26 Å². The molecule has 0 bridgehead atoms. The first-order valence-electron chi connectivity index (χ1n) is 10.5. The van der Waals surface area contributed by atoms with Gasteiger partial charge in [0.15, 0.2) is 17.3 Å². The molecule has 32 heavy (non-hydrogen) atoms. The van der Waals surface area contributed by atoms with Gasteiger partial charge in [-0.1, -0.05) is 19.8 Å². The van der Waals surface area contributed by atoms with E-state index in [1.165, 1.54) is 28.4 Å². The van der Waals surface area contributed by atoms with Crippen molar-refractivity contribution in [2.24, 2.45) is 10.8 Å². The second-order valence-corrected chi connectivity index (χ2v) is 8.54. The number of fused-ring (bicyclic) bond motifs is 1. The molecule has 1 aliphatic carbocycles. The van der Waals surface area contributed by atoms with Gasteiger partial charge in [-0.3, -0.25) is 9.59 Å². The summed E-state index contributed by atoms with van der Waals surface area (Å²) in [4.78, 5) is 26.9. The van der Waals surface area contributed by atoms with Crippen LogP contribution in [0.3, 0.4) is 0 Å². The molecule has 7 heteroatoms. The number of carbonyl (C=O) groups excluding carboxylic acids is 2. The molecule has 2 atom stereocenters. The van der Waals surface area contributed by atoms with Gasteiger partial charge in [0.25, 0.3) is 0 Å². The van der Waals surface area contributed by atoms with Crippen LogP contribution in [0.15, 0.2) is 0 Å². The summed E-state index contributed by atoms with van der Waals surface area (Å²) in [7, 11) is 5.78. The van der Waals surface area contributed by atoms with Crippen molar-refractivity contribution in [3.05, 3.63) is 16.7 Å². The fourth-order valence-electron chi connectivity index (χ4n) is 4.50. The van der Waals surface area contributed by atoms with Gasteiger partial charge in [0.05, 0.1) is 40.1 Å². The number of benzene rings is 1. The Labute approximate surface area is 190 Å². The minimum Gasteiger partial charge on any atom is -0.496 e. The number of Topliss-reactive ketones (excluding diaryl/α,β-unsaturated/α-hetero) is 1. The van der Waals surface area contributed by atoms with E-state index in [1.807, 2.05) is 13.8 Å². The summed E-state index contributed by atoms with van der Waals surface area (Å²) in [6.07, 6.45) is 6.50. The van der Waals surface area contributed by atoms with Crippen LogP contribution in [0.5, 0.6) is 17.2 Å². The number of hydrogen-bond donors (Lipinski definition) is 0. The van der Waals surface area contributed by atoms with Crippen molar-refractivity contribution >= 4 is 11.8 Å². The first-order valence-corrected chi connectivity index (χ1v) is 10.5. The minimum atomic E-state index is -1.46. The lowest BCUT2D eigenvalue weighted by Gasteiger charge is -2.25. The lowest BCUT2D eigenvalue weighted by molar-refractivity contribution is -0.149. The average molecular weight is 442 g/mol. The van der Waals surface area contributed by atoms with Gasteiger partial charge in [0.1, 0.15) is 16.6 Å². The lowest BCUT2D eigenvalue weighted by Crippen LogP contribution is -2.38. The molecule has 1 aliphatic rings. The Morgan fingerprint density at radius 3 is 2.19 bits per heavy atom. The van der Waals surface area contributed by atoms with Crippen LogP contribution in [0, 0.1) is 34.5 Å². The van der Waals surface area contributed by atoms with Gasteiger partial charge in [0, 0.05) is 17.5 Å². The maximum atomic E-state index is 13.9. The number of carbonyl (C=O) groups is 2. The molecule has 0 saturated carbocycles. The number of nitriles is 1. The zero-order valence-corrected chi connectivity index (χ0v) is 19.9. The van der Waals surface area contributed by atoms with Gasteiger partial charge >= 0.3 is 5.97 Å². The van der Waals surface area contributed by atoms with Gasteiger partial charge in [0.2, 0.25) is 0 Å². The van der Waals surface area contributed by atoms with E-state index < -0.39 is 16.8 Å². The van der Waals surface area contributed by atoms with E-state index in [1.54, 1.807) is 6.92 Å². The molecule has 2 unspecified atom stereocenters. The maximum absolute atomic E-state index is 13.9. The predicted octanol–water partition coefficient (Wildman–Crippen LogP) is 4.07. The van der Waals surface area contributed by atoms with Crippen LogP contribution in [-0.2, 0) is 16.0 Å². The molecule has 7 nitrogen and oxygen atoms in total. The van der Waals surface area contributed by atoms with Gasteiger partial charge in [-0.15, -0.1) is 6.42 Å². The van der Waals surface area contributed by atoms with Crippen molar-refractivity contribution in [3.63, 3.8) is 0 Å². The van der Waals surface area contributed by atoms with Crippen molar-refractivity contribution < 1.29 is 28.5 Å². The molecule has 0 aliphatic heterocycles. The second kappa shape index (κ2) is 9.53. The summed E-state index contributed by atoms with van der Waals surface area (Å²) in [5.41, 5.74) is -0.859. The smallest absolute Gasteiger partial charge is 0.320 e. The fourth-order valence-corrected chi connectivity index (χ4v) is 4.50. The van der Waals surface area contributed by atoms with E-state index >= 15 is 0 Å². The van der Waals surface area contributed by atoms with Crippen molar-refractivity contribution in [3.8, 4) is 35.7 Å². The standard InChI is InChI=1S/C25H31NO6/c1-9-24(4,14-26)11-10-12-25(23(28)32-8)13-16-18(22(25)27)20(30-6)17(15(2)3)21(31-7)19(16)29-5/h1,15H,10-13H2,2-8H3. The second-order valence-electron chi connectivity index (χ2n) is 8.54. The van der Waals surface area contributed by atoms with E-state index in [0.29, 0.717) is 46.8 Å². The summed E-state index contributed by atoms with van der Waals surface area (Å²) in [6, 6.07) is 2.12. The molecule has 0 amide bonds. The number of esters is 1. The highest BCUT2D eigenvalue weighted by Gasteiger charge is 2.55. The number of methoxy groups -OCH3 is 4. The Bertz CT molecular complexity index is 983. The molecule has 0 aromatic heterocycles. The summed E-state index contributed by atoms with van der Waals surface area (Å²) >= 11 is 0. The highest BCUT2D eigenvalue weighted by molar-refractivity contribution is 6.18. The molecular formula is C25H31NO6. The normalized spacial score (nSPS) is 18.9. The SMILES string of the molecule is C#CC(C)(C#N)CCCC1(C(=O)OC)Cc2c(OC)c(OC)c(C(C)C)c(OC)c2C1=O. The Kier molecular flexibility index (Phi) is 7.46. The topological polar surface area (TPSA) is 94.9 Å². The number of ether oxygens (including phenoxy) is 4. The summed E-state index contributed by atoms with van der Waals surface area (Å²) in [6.45, 7) is 5.58. The first kappa shape index (κ1) is 25.1. The molecule has 0 fully saturated rings. The first-order chi connectivity index (χ1) is 15.1. The predicted molar refractivity (Wildman–Crippen MR) is 119 cm³/mol. The van der Waals surface area contributed by atoms with E-state index in [2.05, 4.69) is 12.0 Å². The Morgan fingerprint density at radius 2 is 1.75 bits per heavy atom. The fraction of sp³-hybridized carbons (Fsp3) is 0.560. The molecule has 1 aromatic carbocycles. The minimum absolute atomic E-state index is 0.0352. The summed E-state index contributed by atoms with van der Waals surface area (Å²) in [5, 5.41) is 9.37. The van der Waals surface area contributed by atoms with E-state index in [0.717, 1.165) is 0 Å². The highest BCUT2D eigenvalue weighted by atomic mass is 16.5. The third-order valence-electron chi connectivity index (χ3n) is 6.25. The number of ketones is 1. The van der Waals surface area contributed by atoms with Crippen LogP contribution >= 0.6 is 0 Å². The molecule has 2 rings (SSSR count). The summed E-state index contributed by atoms with van der Waals surface area (Å²) < 4.78 is 22.1. The van der Waals surface area contributed by atoms with E-state index in [9.17, 15) is 14.9 Å². The van der Waals surface area contributed by atoms with Gasteiger partial charge in [-0.25, -0.2) is 0 Å². The quantitative estimate of drug-likeness (QED) is 0.324. The van der Waals surface area contributed by atoms with Crippen molar-refractivity contribution in [2.75, 3.05) is 28.4 Å². The average Bonchev–Trinajstić information content (AvgIpc) is 3.09.